The molecular formula is C16H21NO4. The lowest BCUT2D eigenvalue weighted by Gasteiger charge is -2.33. The lowest BCUT2D eigenvalue weighted by molar-refractivity contribution is -0.145. The van der Waals surface area contributed by atoms with Crippen LogP contribution in [0.4, 0.5) is 0 Å². The van der Waals surface area contributed by atoms with Gasteiger partial charge < -0.3 is 14.4 Å². The average molecular weight is 291 g/mol. The molecule has 1 aromatic carbocycles. The first-order chi connectivity index (χ1) is 10.2. The number of aryl methyl sites for hydroxylation is 1. The molecule has 1 amide bonds. The molecule has 21 heavy (non-hydrogen) atoms. The number of carbonyl (C=O) groups is 2. The van der Waals surface area contributed by atoms with Crippen molar-refractivity contribution in [2.24, 2.45) is 0 Å². The maximum absolute atomic E-state index is 12.6. The number of rotatable bonds is 4. The molecule has 2 rings (SSSR count). The lowest BCUT2D eigenvalue weighted by Crippen LogP contribution is -2.46. The Bertz CT molecular complexity index is 515. The smallest absolute Gasteiger partial charge is 0.308 e. The van der Waals surface area contributed by atoms with E-state index in [0.717, 1.165) is 17.5 Å². The van der Waals surface area contributed by atoms with Crippen LogP contribution in [0.2, 0.25) is 0 Å². The number of amides is 1. The third-order valence-electron chi connectivity index (χ3n) is 3.68. The van der Waals surface area contributed by atoms with Crippen molar-refractivity contribution in [1.29, 1.82) is 0 Å². The molecule has 1 heterocycles. The number of nitrogens with zero attached hydrogens (tertiary/aromatic N) is 1. The summed E-state index contributed by atoms with van der Waals surface area (Å²) in [5.41, 5.74) is 1.78. The van der Waals surface area contributed by atoms with Crippen LogP contribution in [0.5, 0.6) is 0 Å². The number of ether oxygens (including phenoxy) is 2. The van der Waals surface area contributed by atoms with Crippen molar-refractivity contribution < 1.29 is 19.1 Å². The predicted molar refractivity (Wildman–Crippen MR) is 78.1 cm³/mol. The van der Waals surface area contributed by atoms with Gasteiger partial charge in [0, 0.05) is 18.7 Å². The SMILES string of the molecule is CCc1ccccc1C(=O)N1CCOC(CC(=O)OC)C1. The zero-order chi connectivity index (χ0) is 15.2. The normalized spacial score (nSPS) is 18.4. The van der Waals surface area contributed by atoms with Gasteiger partial charge in [-0.15, -0.1) is 0 Å². The lowest BCUT2D eigenvalue weighted by atomic mass is 10.0. The summed E-state index contributed by atoms with van der Waals surface area (Å²) in [4.78, 5) is 25.7. The predicted octanol–water partition coefficient (Wildman–Crippen LogP) is 1.65. The maximum atomic E-state index is 12.6. The van der Waals surface area contributed by atoms with Crippen LogP contribution in [0, 0.1) is 0 Å². The summed E-state index contributed by atoms with van der Waals surface area (Å²) in [5.74, 6) is -0.311. The molecule has 0 saturated carbocycles. The van der Waals surface area contributed by atoms with E-state index in [1.165, 1.54) is 7.11 Å². The third-order valence-corrected chi connectivity index (χ3v) is 3.68. The third kappa shape index (κ3) is 3.82. The Morgan fingerprint density at radius 3 is 2.86 bits per heavy atom. The van der Waals surface area contributed by atoms with E-state index in [-0.39, 0.29) is 24.4 Å². The van der Waals surface area contributed by atoms with Crippen LogP contribution in [0.1, 0.15) is 29.3 Å². The Balaban J connectivity index is 2.06. The minimum Gasteiger partial charge on any atom is -0.469 e. The largest absolute Gasteiger partial charge is 0.469 e. The fourth-order valence-corrected chi connectivity index (χ4v) is 2.50. The minimum atomic E-state index is -0.316. The summed E-state index contributed by atoms with van der Waals surface area (Å²) in [6, 6.07) is 7.64. The maximum Gasteiger partial charge on any atom is 0.308 e. The Morgan fingerprint density at radius 2 is 2.14 bits per heavy atom. The standard InChI is InChI=1S/C16H21NO4/c1-3-12-6-4-5-7-14(12)16(19)17-8-9-21-13(11-17)10-15(18)20-2/h4-7,13H,3,8-11H2,1-2H3. The van der Waals surface area contributed by atoms with Crippen molar-refractivity contribution in [3.05, 3.63) is 35.4 Å². The van der Waals surface area contributed by atoms with Gasteiger partial charge in [-0.3, -0.25) is 9.59 Å². The van der Waals surface area contributed by atoms with E-state index in [1.807, 2.05) is 31.2 Å². The van der Waals surface area contributed by atoms with E-state index in [0.29, 0.717) is 19.7 Å². The molecular weight excluding hydrogens is 270 g/mol. The number of methoxy groups -OCH3 is 1. The van der Waals surface area contributed by atoms with Gasteiger partial charge in [0.15, 0.2) is 0 Å². The highest BCUT2D eigenvalue weighted by Gasteiger charge is 2.27. The van der Waals surface area contributed by atoms with Gasteiger partial charge in [0.25, 0.3) is 5.91 Å². The highest BCUT2D eigenvalue weighted by Crippen LogP contribution is 2.16. The van der Waals surface area contributed by atoms with Crippen LogP contribution in [0.25, 0.3) is 0 Å². The average Bonchev–Trinajstić information content (AvgIpc) is 2.54. The van der Waals surface area contributed by atoms with E-state index in [9.17, 15) is 9.59 Å². The zero-order valence-electron chi connectivity index (χ0n) is 12.5. The van der Waals surface area contributed by atoms with Gasteiger partial charge in [-0.2, -0.15) is 0 Å². The second kappa shape index (κ2) is 7.22. The van der Waals surface area contributed by atoms with Crippen LogP contribution in [-0.4, -0.2) is 49.7 Å². The molecule has 0 N–H and O–H groups in total. The van der Waals surface area contributed by atoms with Gasteiger partial charge in [-0.05, 0) is 18.1 Å². The quantitative estimate of drug-likeness (QED) is 0.792. The van der Waals surface area contributed by atoms with Crippen molar-refractivity contribution in [3.63, 3.8) is 0 Å². The van der Waals surface area contributed by atoms with Crippen molar-refractivity contribution in [3.8, 4) is 0 Å². The zero-order valence-corrected chi connectivity index (χ0v) is 12.5. The molecule has 114 valence electrons. The second-order valence-corrected chi connectivity index (χ2v) is 5.03. The van der Waals surface area contributed by atoms with Gasteiger partial charge in [-0.25, -0.2) is 0 Å². The topological polar surface area (TPSA) is 55.8 Å². The van der Waals surface area contributed by atoms with Crippen LogP contribution in [-0.2, 0) is 20.7 Å². The van der Waals surface area contributed by atoms with Crippen molar-refractivity contribution in [2.75, 3.05) is 26.8 Å². The first-order valence-corrected chi connectivity index (χ1v) is 7.21. The summed E-state index contributed by atoms with van der Waals surface area (Å²) in [6.07, 6.45) is 0.706. The number of hydrogen-bond donors (Lipinski definition) is 0. The molecule has 1 aliphatic heterocycles. The molecule has 0 radical (unpaired) electrons. The number of carbonyl (C=O) groups excluding carboxylic acids is 2. The number of benzene rings is 1. The summed E-state index contributed by atoms with van der Waals surface area (Å²) in [7, 11) is 1.35. The molecule has 1 atom stereocenters. The van der Waals surface area contributed by atoms with Crippen molar-refractivity contribution in [1.82, 2.24) is 4.90 Å². The summed E-state index contributed by atoms with van der Waals surface area (Å²) in [5, 5.41) is 0. The van der Waals surface area contributed by atoms with Crippen molar-refractivity contribution in [2.45, 2.75) is 25.9 Å². The van der Waals surface area contributed by atoms with Gasteiger partial charge in [0.1, 0.15) is 0 Å². The van der Waals surface area contributed by atoms with Crippen molar-refractivity contribution >= 4 is 11.9 Å². The van der Waals surface area contributed by atoms with Gasteiger partial charge >= 0.3 is 5.97 Å². The van der Waals surface area contributed by atoms with E-state index in [1.54, 1.807) is 4.90 Å². The molecule has 1 unspecified atom stereocenters. The van der Waals surface area contributed by atoms with Gasteiger partial charge in [-0.1, -0.05) is 25.1 Å². The van der Waals surface area contributed by atoms with E-state index >= 15 is 0 Å². The Hall–Kier alpha value is -1.88. The molecule has 5 heteroatoms. The number of esters is 1. The molecule has 1 saturated heterocycles. The van der Waals surface area contributed by atoms with Crippen LogP contribution >= 0.6 is 0 Å². The van der Waals surface area contributed by atoms with E-state index in [4.69, 9.17) is 4.74 Å². The molecule has 1 aromatic rings. The first kappa shape index (κ1) is 15.5. The second-order valence-electron chi connectivity index (χ2n) is 5.03. The summed E-state index contributed by atoms with van der Waals surface area (Å²) < 4.78 is 10.2. The summed E-state index contributed by atoms with van der Waals surface area (Å²) >= 11 is 0. The fourth-order valence-electron chi connectivity index (χ4n) is 2.50. The van der Waals surface area contributed by atoms with E-state index in [2.05, 4.69) is 4.74 Å². The van der Waals surface area contributed by atoms with E-state index < -0.39 is 0 Å². The molecule has 0 bridgehead atoms. The van der Waals surface area contributed by atoms with Crippen LogP contribution in [0.3, 0.4) is 0 Å². The van der Waals surface area contributed by atoms with Gasteiger partial charge in [0.2, 0.25) is 0 Å². The Morgan fingerprint density at radius 1 is 1.38 bits per heavy atom. The number of hydrogen-bond acceptors (Lipinski definition) is 4. The van der Waals surface area contributed by atoms with Crippen LogP contribution < -0.4 is 0 Å². The molecule has 1 fully saturated rings. The van der Waals surface area contributed by atoms with Gasteiger partial charge in [0.05, 0.1) is 26.2 Å². The minimum absolute atomic E-state index is 0.00520. The first-order valence-electron chi connectivity index (χ1n) is 7.21. The summed E-state index contributed by atoms with van der Waals surface area (Å²) in [6.45, 7) is 3.45. The molecule has 0 aliphatic carbocycles. The number of morpholine rings is 1. The highest BCUT2D eigenvalue weighted by molar-refractivity contribution is 5.95. The molecule has 0 spiro atoms. The molecule has 5 nitrogen and oxygen atoms in total. The molecule has 1 aliphatic rings. The fraction of sp³-hybridized carbons (Fsp3) is 0.500. The van der Waals surface area contributed by atoms with Crippen LogP contribution in [0.15, 0.2) is 24.3 Å². The monoisotopic (exact) mass is 291 g/mol. The Labute approximate surface area is 124 Å². The Kier molecular flexibility index (Phi) is 5.33. The molecule has 0 aromatic heterocycles. The highest BCUT2D eigenvalue weighted by atomic mass is 16.5.